The van der Waals surface area contributed by atoms with E-state index in [2.05, 4.69) is 10.5 Å². The molecule has 1 aromatic heterocycles. The minimum atomic E-state index is -3.55. The maximum Gasteiger partial charge on any atom is 0.176 e. The molecule has 4 N–H and O–H groups in total. The van der Waals surface area contributed by atoms with Crippen LogP contribution in [0.4, 0.5) is 26.0 Å². The van der Waals surface area contributed by atoms with Crippen LogP contribution in [0.3, 0.4) is 0 Å². The van der Waals surface area contributed by atoms with Crippen LogP contribution in [0.1, 0.15) is 12.5 Å². The second kappa shape index (κ2) is 9.38. The van der Waals surface area contributed by atoms with E-state index in [9.17, 15) is 8.42 Å². The van der Waals surface area contributed by atoms with Gasteiger partial charge in [-0.05, 0) is 42.8 Å². The van der Waals surface area contributed by atoms with Crippen LogP contribution in [0, 0.1) is 17.0 Å². The minimum Gasteiger partial charge on any atom is -0.380 e. The van der Waals surface area contributed by atoms with Crippen molar-refractivity contribution in [3.05, 3.63) is 90.0 Å². The highest BCUT2D eigenvalue weighted by atomic mass is 32.2. The van der Waals surface area contributed by atoms with Gasteiger partial charge in [0.25, 0.3) is 0 Å². The van der Waals surface area contributed by atoms with Crippen LogP contribution < -0.4 is 11.1 Å². The van der Waals surface area contributed by atoms with Gasteiger partial charge in [-0.3, -0.25) is 0 Å². The molecule has 4 aromatic carbocycles. The van der Waals surface area contributed by atoms with Gasteiger partial charge in [-0.1, -0.05) is 47.6 Å². The van der Waals surface area contributed by atoms with Gasteiger partial charge in [0, 0.05) is 39.9 Å². The number of nitrogens with one attached hydrogen (secondary N) is 2. The largest absolute Gasteiger partial charge is 0.380 e. The van der Waals surface area contributed by atoms with Gasteiger partial charge >= 0.3 is 0 Å². The van der Waals surface area contributed by atoms with Gasteiger partial charge in [-0.25, -0.2) is 17.2 Å². The number of aromatic nitrogens is 1. The van der Waals surface area contributed by atoms with Crippen molar-refractivity contribution in [2.45, 2.75) is 11.8 Å². The smallest absolute Gasteiger partial charge is 0.176 e. The van der Waals surface area contributed by atoms with Gasteiger partial charge in [0.1, 0.15) is 5.82 Å². The lowest BCUT2D eigenvalue weighted by Gasteiger charge is -2.16. The molecule has 1 heterocycles. The van der Waals surface area contributed by atoms with E-state index in [1.807, 2.05) is 0 Å². The van der Waals surface area contributed by atoms with Crippen molar-refractivity contribution in [1.29, 1.82) is 5.41 Å². The first-order chi connectivity index (χ1) is 18.0. The van der Waals surface area contributed by atoms with E-state index >= 15 is 8.78 Å². The van der Waals surface area contributed by atoms with E-state index in [1.54, 1.807) is 48.5 Å². The predicted molar refractivity (Wildman–Crippen MR) is 145 cm³/mol. The zero-order chi connectivity index (χ0) is 27.2. The number of fused-ring (bicyclic) bond motifs is 1. The Morgan fingerprint density at radius 1 is 0.974 bits per heavy atom. The molecule has 0 radical (unpaired) electrons. The van der Waals surface area contributed by atoms with Crippen LogP contribution in [-0.2, 0) is 9.84 Å². The monoisotopic (exact) mass is 532 g/mol. The summed E-state index contributed by atoms with van der Waals surface area (Å²) in [4.78, 5) is 0.0704. The quantitative estimate of drug-likeness (QED) is 0.213. The van der Waals surface area contributed by atoms with Gasteiger partial charge in [0.05, 0.1) is 16.0 Å². The normalized spacial score (nSPS) is 11.6. The van der Waals surface area contributed by atoms with Gasteiger partial charge in [-0.2, -0.15) is 0 Å². The fourth-order valence-corrected chi connectivity index (χ4v) is 5.24. The summed E-state index contributed by atoms with van der Waals surface area (Å²) >= 11 is 0. The Morgan fingerprint density at radius 2 is 1.71 bits per heavy atom. The summed E-state index contributed by atoms with van der Waals surface area (Å²) in [6.45, 7) is 1.52. The summed E-state index contributed by atoms with van der Waals surface area (Å²) < 4.78 is 60.9. The van der Waals surface area contributed by atoms with E-state index in [1.165, 1.54) is 31.2 Å². The maximum atomic E-state index is 16.0. The Bertz CT molecular complexity index is 1850. The Kier molecular flexibility index (Phi) is 6.20. The summed E-state index contributed by atoms with van der Waals surface area (Å²) in [6.07, 6.45) is 1.09. The third-order valence-corrected chi connectivity index (χ3v) is 7.32. The highest BCUT2D eigenvalue weighted by molar-refractivity contribution is 7.90. The van der Waals surface area contributed by atoms with Crippen LogP contribution in [0.5, 0.6) is 0 Å². The summed E-state index contributed by atoms with van der Waals surface area (Å²) in [7, 11) is -3.55. The number of nitrogens with zero attached hydrogens (tertiary/aromatic N) is 1. The summed E-state index contributed by atoms with van der Waals surface area (Å²) in [5.74, 6) is -1.30. The number of rotatable bonds is 6. The standard InChI is InChI=1S/C28H22F2N4O3S/c1-15(31)18-10-11-21(26(30)27(18)33-17-8-12-24-22(14-17)28(32)34-37-24)20-9-7-16(13-23(20)29)19-5-3-4-6-25(19)38(2,35)36/h3-14,31,33H,1-2H3,(H2,32,34). The molecule has 0 saturated carbocycles. The van der Waals surface area contributed by atoms with Crippen LogP contribution >= 0.6 is 0 Å². The lowest BCUT2D eigenvalue weighted by Crippen LogP contribution is -2.05. The van der Waals surface area contributed by atoms with E-state index in [0.29, 0.717) is 33.3 Å². The average Bonchev–Trinajstić information content (AvgIpc) is 3.24. The van der Waals surface area contributed by atoms with Gasteiger partial charge in [-0.15, -0.1) is 0 Å². The van der Waals surface area contributed by atoms with Crippen molar-refractivity contribution in [3.63, 3.8) is 0 Å². The predicted octanol–water partition coefficient (Wildman–Crippen LogP) is 6.56. The van der Waals surface area contributed by atoms with E-state index in [0.717, 1.165) is 6.26 Å². The van der Waals surface area contributed by atoms with Crippen molar-refractivity contribution in [2.75, 3.05) is 17.3 Å². The molecule has 7 nitrogen and oxygen atoms in total. The molecule has 0 saturated heterocycles. The average molecular weight is 533 g/mol. The van der Waals surface area contributed by atoms with Crippen molar-refractivity contribution in [3.8, 4) is 22.3 Å². The fourth-order valence-electron chi connectivity index (χ4n) is 4.33. The SMILES string of the molecule is CC(=N)c1ccc(-c2ccc(-c3ccccc3S(C)(=O)=O)cc2F)c(F)c1Nc1ccc2onc(N)c2c1. The number of nitrogens with two attached hydrogens (primary N) is 1. The lowest BCUT2D eigenvalue weighted by molar-refractivity contribution is 0.460. The zero-order valence-electron chi connectivity index (χ0n) is 20.3. The number of sulfone groups is 1. The molecule has 192 valence electrons. The second-order valence-electron chi connectivity index (χ2n) is 8.84. The highest BCUT2D eigenvalue weighted by Gasteiger charge is 2.21. The first-order valence-electron chi connectivity index (χ1n) is 11.4. The summed E-state index contributed by atoms with van der Waals surface area (Å²) in [5, 5.41) is 15.4. The molecule has 38 heavy (non-hydrogen) atoms. The summed E-state index contributed by atoms with van der Waals surface area (Å²) in [5.41, 5.74) is 7.82. The van der Waals surface area contributed by atoms with Crippen LogP contribution in [-0.4, -0.2) is 25.5 Å². The number of benzene rings is 4. The van der Waals surface area contributed by atoms with Crippen LogP contribution in [0.15, 0.2) is 82.2 Å². The lowest BCUT2D eigenvalue weighted by atomic mass is 9.96. The maximum absolute atomic E-state index is 16.0. The third-order valence-electron chi connectivity index (χ3n) is 6.17. The van der Waals surface area contributed by atoms with Crippen LogP contribution in [0.25, 0.3) is 33.2 Å². The molecule has 5 aromatic rings. The van der Waals surface area contributed by atoms with E-state index in [-0.39, 0.29) is 33.2 Å². The van der Waals surface area contributed by atoms with Crippen molar-refractivity contribution < 1.29 is 21.7 Å². The molecule has 10 heteroatoms. The molecule has 0 bridgehead atoms. The van der Waals surface area contributed by atoms with Crippen molar-refractivity contribution in [1.82, 2.24) is 5.16 Å². The van der Waals surface area contributed by atoms with Crippen LogP contribution in [0.2, 0.25) is 0 Å². The Hall–Kier alpha value is -4.57. The molecule has 0 aliphatic carbocycles. The fraction of sp³-hybridized carbons (Fsp3) is 0.0714. The Labute approximate surface area is 217 Å². The molecule has 0 unspecified atom stereocenters. The molecule has 0 aliphatic rings. The number of anilines is 3. The highest BCUT2D eigenvalue weighted by Crippen LogP contribution is 2.37. The van der Waals surface area contributed by atoms with Gasteiger partial charge in [0.2, 0.25) is 0 Å². The van der Waals surface area contributed by atoms with E-state index in [4.69, 9.17) is 15.7 Å². The Balaban J connectivity index is 1.60. The third kappa shape index (κ3) is 4.50. The second-order valence-corrected chi connectivity index (χ2v) is 10.8. The van der Waals surface area contributed by atoms with Gasteiger partial charge in [0.15, 0.2) is 27.1 Å². The zero-order valence-corrected chi connectivity index (χ0v) is 21.2. The molecular weight excluding hydrogens is 510 g/mol. The van der Waals surface area contributed by atoms with Crippen molar-refractivity contribution in [2.24, 2.45) is 0 Å². The molecule has 0 atom stereocenters. The first-order valence-corrected chi connectivity index (χ1v) is 13.3. The molecule has 0 fully saturated rings. The number of halogens is 2. The minimum absolute atomic E-state index is 0.00438. The molecule has 0 aliphatic heterocycles. The Morgan fingerprint density at radius 3 is 2.42 bits per heavy atom. The number of hydrogen-bond acceptors (Lipinski definition) is 7. The first kappa shape index (κ1) is 25.1. The van der Waals surface area contributed by atoms with E-state index < -0.39 is 21.5 Å². The molecule has 5 rings (SSSR count). The molecular formula is C28H22F2N4O3S. The van der Waals surface area contributed by atoms with Gasteiger partial charge < -0.3 is 21.0 Å². The summed E-state index contributed by atoms with van der Waals surface area (Å²) in [6, 6.07) is 18.3. The molecule has 0 spiro atoms. The number of hydrogen-bond donors (Lipinski definition) is 3. The number of nitrogen functional groups attached to an aromatic ring is 1. The molecule has 0 amide bonds. The van der Waals surface area contributed by atoms with Crippen molar-refractivity contribution >= 4 is 43.7 Å². The topological polar surface area (TPSA) is 122 Å².